The first-order valence-electron chi connectivity index (χ1n) is 8.83. The first-order chi connectivity index (χ1) is 13.9. The van der Waals surface area contributed by atoms with Crippen molar-refractivity contribution >= 4 is 34.2 Å². The number of para-hydroxylation sites is 1. The molecule has 0 spiro atoms. The number of hydrogen-bond acceptors (Lipinski definition) is 5. The first kappa shape index (κ1) is 19.9. The summed E-state index contributed by atoms with van der Waals surface area (Å²) in [5.74, 6) is -1.37. The zero-order chi connectivity index (χ0) is 21.1. The number of aromatic nitrogens is 1. The molecule has 0 fully saturated rings. The average Bonchev–Trinajstić information content (AvgIpc) is 3.01. The normalized spacial score (nSPS) is 10.7. The summed E-state index contributed by atoms with van der Waals surface area (Å²) in [4.78, 5) is 35.0. The van der Waals surface area contributed by atoms with E-state index in [1.54, 1.807) is 28.8 Å². The number of nitro benzene ring substituents is 1. The van der Waals surface area contributed by atoms with Crippen LogP contribution in [-0.2, 0) is 17.8 Å². The van der Waals surface area contributed by atoms with Gasteiger partial charge in [-0.3, -0.25) is 14.9 Å². The van der Waals surface area contributed by atoms with Crippen molar-refractivity contribution in [3.8, 4) is 5.75 Å². The molecule has 0 aliphatic carbocycles. The second-order valence-electron chi connectivity index (χ2n) is 6.26. The number of amides is 1. The van der Waals surface area contributed by atoms with E-state index in [0.717, 1.165) is 5.52 Å². The Bertz CT molecular complexity index is 1120. The number of ether oxygens (including phenoxy) is 1. The summed E-state index contributed by atoms with van der Waals surface area (Å²) in [6.07, 6.45) is -0.207. The summed E-state index contributed by atoms with van der Waals surface area (Å²) >= 11 is 0. The Morgan fingerprint density at radius 3 is 2.59 bits per heavy atom. The number of nitrogens with zero attached hydrogens (tertiary/aromatic N) is 2. The van der Waals surface area contributed by atoms with Crippen molar-refractivity contribution in [1.29, 1.82) is 0 Å². The Morgan fingerprint density at radius 1 is 1.24 bits per heavy atom. The van der Waals surface area contributed by atoms with E-state index in [4.69, 9.17) is 4.74 Å². The molecule has 3 rings (SSSR count). The molecule has 0 aliphatic rings. The Balaban J connectivity index is 1.99. The lowest BCUT2D eigenvalue weighted by Gasteiger charge is -2.10. The Kier molecular flexibility index (Phi) is 5.49. The van der Waals surface area contributed by atoms with Gasteiger partial charge in [0.15, 0.2) is 0 Å². The van der Waals surface area contributed by atoms with Gasteiger partial charge in [0.2, 0.25) is 5.91 Å². The molecule has 1 aromatic heterocycles. The summed E-state index contributed by atoms with van der Waals surface area (Å²) in [6, 6.07) is 11.0. The lowest BCUT2D eigenvalue weighted by atomic mass is 10.1. The van der Waals surface area contributed by atoms with Crippen LogP contribution in [0.3, 0.4) is 0 Å². The van der Waals surface area contributed by atoms with Gasteiger partial charge < -0.3 is 19.7 Å². The molecule has 1 amide bonds. The van der Waals surface area contributed by atoms with Crippen molar-refractivity contribution < 1.29 is 24.4 Å². The van der Waals surface area contributed by atoms with Gasteiger partial charge in [-0.2, -0.15) is 0 Å². The Labute approximate surface area is 165 Å². The number of rotatable bonds is 7. The van der Waals surface area contributed by atoms with Crippen LogP contribution >= 0.6 is 0 Å². The van der Waals surface area contributed by atoms with Gasteiger partial charge in [-0.05, 0) is 19.1 Å². The molecule has 0 unspecified atom stereocenters. The predicted molar refractivity (Wildman–Crippen MR) is 107 cm³/mol. The summed E-state index contributed by atoms with van der Waals surface area (Å²) < 4.78 is 6.80. The maximum Gasteiger partial charge on any atom is 0.352 e. The summed E-state index contributed by atoms with van der Waals surface area (Å²) in [6.45, 7) is 2.26. The highest BCUT2D eigenvalue weighted by molar-refractivity contribution is 6.03. The highest BCUT2D eigenvalue weighted by atomic mass is 16.6. The molecule has 2 aromatic carbocycles. The molecule has 0 atom stereocenters. The van der Waals surface area contributed by atoms with Crippen LogP contribution in [0.4, 0.5) is 11.4 Å². The maximum absolute atomic E-state index is 12.7. The molecule has 1 heterocycles. The molecule has 0 bridgehead atoms. The number of hydrogen-bond donors (Lipinski definition) is 2. The van der Waals surface area contributed by atoms with E-state index in [9.17, 15) is 24.8 Å². The molecular weight excluding hydrogens is 378 g/mol. The fourth-order valence-electron chi connectivity index (χ4n) is 3.39. The second-order valence-corrected chi connectivity index (χ2v) is 6.26. The maximum atomic E-state index is 12.7. The zero-order valence-electron chi connectivity index (χ0n) is 15.8. The van der Waals surface area contributed by atoms with E-state index in [1.165, 1.54) is 25.3 Å². The number of carboxylic acid groups (broad SMARTS) is 1. The van der Waals surface area contributed by atoms with Crippen LogP contribution in [0, 0.1) is 10.1 Å². The molecule has 2 N–H and O–H groups in total. The smallest absolute Gasteiger partial charge is 0.352 e. The van der Waals surface area contributed by atoms with Gasteiger partial charge >= 0.3 is 5.97 Å². The number of carbonyl (C=O) groups is 2. The number of nitro groups is 1. The fourth-order valence-corrected chi connectivity index (χ4v) is 3.39. The zero-order valence-corrected chi connectivity index (χ0v) is 15.8. The number of nitrogens with one attached hydrogen (secondary N) is 1. The van der Waals surface area contributed by atoms with Crippen molar-refractivity contribution in [2.75, 3.05) is 12.4 Å². The highest BCUT2D eigenvalue weighted by Crippen LogP contribution is 2.30. The Morgan fingerprint density at radius 2 is 1.97 bits per heavy atom. The number of anilines is 1. The van der Waals surface area contributed by atoms with Crippen LogP contribution in [0.2, 0.25) is 0 Å². The van der Waals surface area contributed by atoms with E-state index < -0.39 is 16.8 Å². The van der Waals surface area contributed by atoms with Crippen molar-refractivity contribution in [3.05, 3.63) is 63.8 Å². The molecule has 150 valence electrons. The van der Waals surface area contributed by atoms with Crippen LogP contribution < -0.4 is 10.1 Å². The van der Waals surface area contributed by atoms with Crippen molar-refractivity contribution in [2.24, 2.45) is 0 Å². The number of carboxylic acids is 1. The predicted octanol–water partition coefficient (Wildman–Crippen LogP) is 3.46. The monoisotopic (exact) mass is 397 g/mol. The molecular formula is C20H19N3O6. The summed E-state index contributed by atoms with van der Waals surface area (Å²) in [5.41, 5.74) is 1.10. The van der Waals surface area contributed by atoms with E-state index in [0.29, 0.717) is 17.5 Å². The largest absolute Gasteiger partial charge is 0.495 e. The number of aryl methyl sites for hydroxylation is 1. The molecule has 9 heteroatoms. The third kappa shape index (κ3) is 3.75. The van der Waals surface area contributed by atoms with Crippen molar-refractivity contribution in [3.63, 3.8) is 0 Å². The number of methoxy groups -OCH3 is 1. The SMILES string of the molecule is CCn1c(C(=O)O)c(CC(=O)Nc2cc([N+](=O)[O-])ccc2OC)c2ccccc21. The van der Waals surface area contributed by atoms with Crippen LogP contribution in [0.15, 0.2) is 42.5 Å². The van der Waals surface area contributed by atoms with E-state index in [-0.39, 0.29) is 29.2 Å². The van der Waals surface area contributed by atoms with Crippen molar-refractivity contribution in [1.82, 2.24) is 4.57 Å². The fraction of sp³-hybridized carbons (Fsp3) is 0.200. The van der Waals surface area contributed by atoms with Crippen LogP contribution in [0.25, 0.3) is 10.9 Å². The van der Waals surface area contributed by atoms with Crippen LogP contribution in [0.5, 0.6) is 5.75 Å². The minimum absolute atomic E-state index is 0.0508. The average molecular weight is 397 g/mol. The van der Waals surface area contributed by atoms with E-state index in [2.05, 4.69) is 5.32 Å². The van der Waals surface area contributed by atoms with Gasteiger partial charge in [0.05, 0.1) is 24.1 Å². The molecule has 0 saturated carbocycles. The molecule has 9 nitrogen and oxygen atoms in total. The van der Waals surface area contributed by atoms with Gasteiger partial charge in [0, 0.05) is 35.1 Å². The van der Waals surface area contributed by atoms with Gasteiger partial charge in [-0.15, -0.1) is 0 Å². The van der Waals surface area contributed by atoms with E-state index in [1.807, 2.05) is 6.92 Å². The Hall–Kier alpha value is -3.88. The number of fused-ring (bicyclic) bond motifs is 1. The topological polar surface area (TPSA) is 124 Å². The number of non-ortho nitro benzene ring substituents is 1. The lowest BCUT2D eigenvalue weighted by Crippen LogP contribution is -2.18. The standard InChI is InChI=1S/C20H19N3O6/c1-3-22-16-7-5-4-6-13(16)14(19(22)20(25)26)11-18(24)21-15-10-12(23(27)28)8-9-17(15)29-2/h4-10H,3,11H2,1-2H3,(H,21,24)(H,25,26). The number of carbonyl (C=O) groups excluding carboxylic acids is 1. The van der Waals surface area contributed by atoms with Gasteiger partial charge in [-0.25, -0.2) is 4.79 Å². The molecule has 0 radical (unpaired) electrons. The lowest BCUT2D eigenvalue weighted by molar-refractivity contribution is -0.384. The molecule has 29 heavy (non-hydrogen) atoms. The quantitative estimate of drug-likeness (QED) is 0.465. The van der Waals surface area contributed by atoms with Gasteiger partial charge in [0.1, 0.15) is 11.4 Å². The molecule has 0 saturated heterocycles. The van der Waals surface area contributed by atoms with E-state index >= 15 is 0 Å². The highest BCUT2D eigenvalue weighted by Gasteiger charge is 2.24. The number of aromatic carboxylic acids is 1. The minimum atomic E-state index is -1.13. The third-order valence-electron chi connectivity index (χ3n) is 4.60. The third-order valence-corrected chi connectivity index (χ3v) is 4.60. The van der Waals surface area contributed by atoms with Gasteiger partial charge in [0.25, 0.3) is 5.69 Å². The second kappa shape index (κ2) is 8.01. The number of benzene rings is 2. The first-order valence-corrected chi connectivity index (χ1v) is 8.83. The molecule has 3 aromatic rings. The van der Waals surface area contributed by atoms with Gasteiger partial charge in [-0.1, -0.05) is 18.2 Å². The summed E-state index contributed by atoms with van der Waals surface area (Å²) in [7, 11) is 1.38. The molecule has 0 aliphatic heterocycles. The van der Waals surface area contributed by atoms with Crippen molar-refractivity contribution in [2.45, 2.75) is 19.9 Å². The van der Waals surface area contributed by atoms with Crippen LogP contribution in [0.1, 0.15) is 23.0 Å². The van der Waals surface area contributed by atoms with Crippen LogP contribution in [-0.4, -0.2) is 33.6 Å². The minimum Gasteiger partial charge on any atom is -0.495 e. The summed E-state index contributed by atoms with van der Waals surface area (Å²) in [5, 5.41) is 24.0.